The Hall–Kier alpha value is -2.21. The van der Waals surface area contributed by atoms with Crippen molar-refractivity contribution in [2.24, 2.45) is 0 Å². The maximum Gasteiger partial charge on any atom is 0.224 e. The lowest BCUT2D eigenvalue weighted by atomic mass is 10.1. The maximum absolute atomic E-state index is 12.8. The van der Waals surface area contributed by atoms with E-state index in [-0.39, 0.29) is 18.1 Å². The van der Waals surface area contributed by atoms with Gasteiger partial charge in [0.05, 0.1) is 31.6 Å². The number of nitrogens with one attached hydrogen (secondary N) is 1. The van der Waals surface area contributed by atoms with Crippen LogP contribution in [-0.4, -0.2) is 29.2 Å². The van der Waals surface area contributed by atoms with Crippen molar-refractivity contribution in [3.8, 4) is 0 Å². The average molecular weight is 291 g/mol. The van der Waals surface area contributed by atoms with Crippen molar-refractivity contribution in [1.29, 1.82) is 0 Å². The second kappa shape index (κ2) is 7.54. The van der Waals surface area contributed by atoms with Crippen LogP contribution < -0.4 is 5.32 Å². The molecule has 0 spiro atoms. The zero-order valence-corrected chi connectivity index (χ0v) is 11.9. The van der Waals surface area contributed by atoms with Crippen LogP contribution in [0.3, 0.4) is 0 Å². The molecule has 2 aromatic rings. The number of benzene rings is 1. The Morgan fingerprint density at radius 2 is 2.14 bits per heavy atom. The van der Waals surface area contributed by atoms with Gasteiger partial charge in [-0.1, -0.05) is 12.1 Å². The normalized spacial score (nSPS) is 10.6. The van der Waals surface area contributed by atoms with Gasteiger partial charge in [-0.05, 0) is 17.7 Å². The van der Waals surface area contributed by atoms with Gasteiger partial charge in [-0.15, -0.1) is 0 Å². The molecule has 1 heterocycles. The van der Waals surface area contributed by atoms with Crippen LogP contribution in [0.4, 0.5) is 4.39 Å². The van der Waals surface area contributed by atoms with E-state index >= 15 is 0 Å². The molecule has 0 bridgehead atoms. The van der Waals surface area contributed by atoms with E-state index in [1.54, 1.807) is 31.8 Å². The SMILES string of the molecule is COCCn1cncc1CNC(=O)Cc1ccc(F)cc1. The van der Waals surface area contributed by atoms with Gasteiger partial charge < -0.3 is 14.6 Å². The third-order valence-electron chi connectivity index (χ3n) is 3.08. The van der Waals surface area contributed by atoms with Gasteiger partial charge in [-0.25, -0.2) is 9.37 Å². The number of hydrogen-bond acceptors (Lipinski definition) is 3. The highest BCUT2D eigenvalue weighted by Crippen LogP contribution is 2.04. The van der Waals surface area contributed by atoms with Crippen LogP contribution in [0, 0.1) is 5.82 Å². The maximum atomic E-state index is 12.8. The average Bonchev–Trinajstić information content (AvgIpc) is 2.93. The molecule has 0 saturated heterocycles. The molecule has 1 amide bonds. The van der Waals surface area contributed by atoms with Gasteiger partial charge in [0.2, 0.25) is 5.91 Å². The molecule has 2 rings (SSSR count). The largest absolute Gasteiger partial charge is 0.383 e. The molecule has 1 aromatic carbocycles. The molecule has 0 unspecified atom stereocenters. The summed E-state index contributed by atoms with van der Waals surface area (Å²) in [5.74, 6) is -0.415. The van der Waals surface area contributed by atoms with Crippen molar-refractivity contribution in [2.75, 3.05) is 13.7 Å². The summed E-state index contributed by atoms with van der Waals surface area (Å²) in [7, 11) is 1.64. The Labute approximate surface area is 122 Å². The van der Waals surface area contributed by atoms with Crippen LogP contribution in [0.2, 0.25) is 0 Å². The first kappa shape index (κ1) is 15.2. The topological polar surface area (TPSA) is 56.1 Å². The van der Waals surface area contributed by atoms with Gasteiger partial charge in [0.25, 0.3) is 0 Å². The highest BCUT2D eigenvalue weighted by molar-refractivity contribution is 5.78. The van der Waals surface area contributed by atoms with Crippen LogP contribution in [0.5, 0.6) is 0 Å². The van der Waals surface area contributed by atoms with Crippen LogP contribution in [0.25, 0.3) is 0 Å². The van der Waals surface area contributed by atoms with Crippen molar-refractivity contribution >= 4 is 5.91 Å². The molecule has 0 radical (unpaired) electrons. The smallest absolute Gasteiger partial charge is 0.224 e. The van der Waals surface area contributed by atoms with Gasteiger partial charge in [0.1, 0.15) is 5.82 Å². The van der Waals surface area contributed by atoms with E-state index in [4.69, 9.17) is 4.74 Å². The van der Waals surface area contributed by atoms with Crippen molar-refractivity contribution in [3.63, 3.8) is 0 Å². The van der Waals surface area contributed by atoms with Crippen molar-refractivity contribution in [1.82, 2.24) is 14.9 Å². The van der Waals surface area contributed by atoms with Crippen molar-refractivity contribution < 1.29 is 13.9 Å². The molecule has 0 aliphatic rings. The molecule has 0 atom stereocenters. The Bertz CT molecular complexity index is 581. The number of carbonyl (C=O) groups is 1. The molecule has 0 aliphatic heterocycles. The minimum Gasteiger partial charge on any atom is -0.383 e. The van der Waals surface area contributed by atoms with Crippen LogP contribution in [0.1, 0.15) is 11.3 Å². The molecule has 0 aliphatic carbocycles. The Balaban J connectivity index is 1.83. The summed E-state index contributed by atoms with van der Waals surface area (Å²) in [5, 5.41) is 2.83. The van der Waals surface area contributed by atoms with E-state index in [2.05, 4.69) is 10.3 Å². The molecule has 112 valence electrons. The molecule has 21 heavy (non-hydrogen) atoms. The van der Waals surface area contributed by atoms with Gasteiger partial charge >= 0.3 is 0 Å². The summed E-state index contributed by atoms with van der Waals surface area (Å²) in [5.41, 5.74) is 1.70. The van der Waals surface area contributed by atoms with Gasteiger partial charge in [-0.3, -0.25) is 4.79 Å². The molecular formula is C15H18FN3O2. The van der Waals surface area contributed by atoms with Crippen molar-refractivity contribution in [2.45, 2.75) is 19.5 Å². The number of methoxy groups -OCH3 is 1. The van der Waals surface area contributed by atoms with E-state index in [9.17, 15) is 9.18 Å². The summed E-state index contributed by atoms with van der Waals surface area (Å²) in [6, 6.07) is 5.92. The first-order chi connectivity index (χ1) is 10.2. The second-order valence-corrected chi connectivity index (χ2v) is 4.65. The molecule has 1 N–H and O–H groups in total. The predicted molar refractivity (Wildman–Crippen MR) is 76.1 cm³/mol. The molecule has 0 saturated carbocycles. The van der Waals surface area contributed by atoms with E-state index in [0.29, 0.717) is 19.7 Å². The zero-order valence-electron chi connectivity index (χ0n) is 11.9. The summed E-state index contributed by atoms with van der Waals surface area (Å²) >= 11 is 0. The number of halogens is 1. The molecule has 1 aromatic heterocycles. The van der Waals surface area contributed by atoms with Crippen LogP contribution >= 0.6 is 0 Å². The lowest BCUT2D eigenvalue weighted by Crippen LogP contribution is -2.26. The highest BCUT2D eigenvalue weighted by atomic mass is 19.1. The number of ether oxygens (including phenoxy) is 1. The summed E-state index contributed by atoms with van der Waals surface area (Å²) < 4.78 is 19.7. The van der Waals surface area contributed by atoms with Gasteiger partial charge in [0.15, 0.2) is 0 Å². The quantitative estimate of drug-likeness (QED) is 0.841. The third kappa shape index (κ3) is 4.68. The number of rotatable bonds is 7. The van der Waals surface area contributed by atoms with Crippen molar-refractivity contribution in [3.05, 3.63) is 53.9 Å². The third-order valence-corrected chi connectivity index (χ3v) is 3.08. The highest BCUT2D eigenvalue weighted by Gasteiger charge is 2.06. The first-order valence-electron chi connectivity index (χ1n) is 6.68. The number of nitrogens with zero attached hydrogens (tertiary/aromatic N) is 2. The molecule has 0 fully saturated rings. The van der Waals surface area contributed by atoms with Crippen LogP contribution in [-0.2, 0) is 29.0 Å². The Morgan fingerprint density at radius 3 is 2.86 bits per heavy atom. The fraction of sp³-hybridized carbons (Fsp3) is 0.333. The molecular weight excluding hydrogens is 273 g/mol. The lowest BCUT2D eigenvalue weighted by molar-refractivity contribution is -0.120. The lowest BCUT2D eigenvalue weighted by Gasteiger charge is -2.09. The standard InChI is InChI=1S/C15H18FN3O2/c1-21-7-6-19-11-17-9-14(19)10-18-15(20)8-12-2-4-13(16)5-3-12/h2-5,9,11H,6-8,10H2,1H3,(H,18,20). The molecule has 5 nitrogen and oxygen atoms in total. The number of aromatic nitrogens is 2. The summed E-state index contributed by atoms with van der Waals surface area (Å²) in [6.07, 6.45) is 3.65. The number of carbonyl (C=O) groups excluding carboxylic acids is 1. The number of amides is 1. The monoisotopic (exact) mass is 291 g/mol. The van der Waals surface area contributed by atoms with E-state index < -0.39 is 0 Å². The fourth-order valence-corrected chi connectivity index (χ4v) is 1.93. The van der Waals surface area contributed by atoms with E-state index in [1.807, 2.05) is 4.57 Å². The Kier molecular flexibility index (Phi) is 5.45. The minimum absolute atomic E-state index is 0.110. The summed E-state index contributed by atoms with van der Waals surface area (Å²) in [6.45, 7) is 1.69. The van der Waals surface area contributed by atoms with Crippen LogP contribution in [0.15, 0.2) is 36.8 Å². The van der Waals surface area contributed by atoms with Gasteiger partial charge in [-0.2, -0.15) is 0 Å². The van der Waals surface area contributed by atoms with E-state index in [0.717, 1.165) is 11.3 Å². The number of hydrogen-bond donors (Lipinski definition) is 1. The zero-order chi connectivity index (χ0) is 15.1. The van der Waals surface area contributed by atoms with Gasteiger partial charge in [0, 0.05) is 19.9 Å². The first-order valence-corrected chi connectivity index (χ1v) is 6.68. The minimum atomic E-state index is -0.304. The summed E-state index contributed by atoms with van der Waals surface area (Å²) in [4.78, 5) is 15.9. The second-order valence-electron chi connectivity index (χ2n) is 4.65. The fourth-order valence-electron chi connectivity index (χ4n) is 1.93. The van der Waals surface area contributed by atoms with E-state index in [1.165, 1.54) is 12.1 Å². The predicted octanol–water partition coefficient (Wildman–Crippen LogP) is 1.53. The molecule has 6 heteroatoms. The Morgan fingerprint density at radius 1 is 1.38 bits per heavy atom. The number of imidazole rings is 1.